The second-order valence-corrected chi connectivity index (χ2v) is 12.0. The maximum absolute atomic E-state index is 13.8. The van der Waals surface area contributed by atoms with Gasteiger partial charge in [0.2, 0.25) is 11.8 Å². The summed E-state index contributed by atoms with van der Waals surface area (Å²) in [5.41, 5.74) is 2.92. The van der Waals surface area contributed by atoms with E-state index >= 15 is 0 Å². The van der Waals surface area contributed by atoms with E-state index < -0.39 is 0 Å². The van der Waals surface area contributed by atoms with E-state index in [2.05, 4.69) is 26.1 Å². The van der Waals surface area contributed by atoms with Gasteiger partial charge in [-0.25, -0.2) is 4.68 Å². The molecule has 0 fully saturated rings. The summed E-state index contributed by atoms with van der Waals surface area (Å²) in [6.45, 7) is 9.96. The number of fused-ring (bicyclic) bond motifs is 1. The van der Waals surface area contributed by atoms with Crippen molar-refractivity contribution in [3.05, 3.63) is 59.3 Å². The van der Waals surface area contributed by atoms with Gasteiger partial charge in [0.05, 0.1) is 43.7 Å². The summed E-state index contributed by atoms with van der Waals surface area (Å²) in [7, 11) is 4.87. The highest BCUT2D eigenvalue weighted by Gasteiger charge is 2.41. The summed E-state index contributed by atoms with van der Waals surface area (Å²) in [5, 5.41) is 7.73. The van der Waals surface area contributed by atoms with Crippen LogP contribution in [0.25, 0.3) is 5.69 Å². The highest BCUT2D eigenvalue weighted by molar-refractivity contribution is 8.00. The zero-order valence-electron chi connectivity index (χ0n) is 24.4. The van der Waals surface area contributed by atoms with Crippen molar-refractivity contribution in [2.75, 3.05) is 38.5 Å². The molecular weight excluding hydrogens is 528 g/mol. The van der Waals surface area contributed by atoms with Crippen molar-refractivity contribution in [1.82, 2.24) is 15.1 Å². The number of aromatic nitrogens is 2. The fourth-order valence-electron chi connectivity index (χ4n) is 4.78. The SMILES string of the molecule is COc1ccc(-n2nc(C(C)(C)C)c3c2N(CC(=O)NC(C)C)C(=O)CS[C@H]3c2cc(OC)ccc2OC)cc1. The second-order valence-electron chi connectivity index (χ2n) is 10.9. The average Bonchev–Trinajstić information content (AvgIpc) is 3.26. The first kappa shape index (κ1) is 29.3. The maximum Gasteiger partial charge on any atom is 0.240 e. The average molecular weight is 567 g/mol. The lowest BCUT2D eigenvalue weighted by molar-refractivity contribution is -0.123. The van der Waals surface area contributed by atoms with Gasteiger partial charge in [-0.05, 0) is 56.3 Å². The number of amides is 2. The molecule has 1 N–H and O–H groups in total. The first-order valence-corrected chi connectivity index (χ1v) is 14.2. The smallest absolute Gasteiger partial charge is 0.240 e. The number of nitrogens with zero attached hydrogens (tertiary/aromatic N) is 3. The molecule has 1 aromatic heterocycles. The van der Waals surface area contributed by atoms with Gasteiger partial charge in [0.1, 0.15) is 29.6 Å². The van der Waals surface area contributed by atoms with Gasteiger partial charge >= 0.3 is 0 Å². The lowest BCUT2D eigenvalue weighted by Crippen LogP contribution is -2.44. The Balaban J connectivity index is 2.04. The number of methoxy groups -OCH3 is 3. The van der Waals surface area contributed by atoms with Crippen LogP contribution in [-0.2, 0) is 15.0 Å². The number of ether oxygens (including phenoxy) is 3. The molecule has 2 aromatic carbocycles. The van der Waals surface area contributed by atoms with Gasteiger partial charge in [0.15, 0.2) is 0 Å². The summed E-state index contributed by atoms with van der Waals surface area (Å²) in [6.07, 6.45) is 0. The Kier molecular flexibility index (Phi) is 8.68. The summed E-state index contributed by atoms with van der Waals surface area (Å²) >= 11 is 1.49. The standard InChI is InChI=1S/C30H38N4O5S/c1-18(2)31-24(35)16-33-25(36)17-40-27(22-15-21(38-7)13-14-23(22)39-8)26-28(30(3,4)5)32-34(29(26)33)19-9-11-20(37-6)12-10-19/h9-15,18,27H,16-17H2,1-8H3,(H,31,35)/t27-/m0/s1. The quantitative estimate of drug-likeness (QED) is 0.415. The van der Waals surface area contributed by atoms with Crippen LogP contribution < -0.4 is 24.4 Å². The van der Waals surface area contributed by atoms with E-state index in [4.69, 9.17) is 19.3 Å². The molecule has 3 aromatic rings. The molecule has 1 aliphatic heterocycles. The molecule has 10 heteroatoms. The van der Waals surface area contributed by atoms with Gasteiger partial charge in [-0.2, -0.15) is 5.10 Å². The highest BCUT2D eigenvalue weighted by atomic mass is 32.2. The molecule has 1 atom stereocenters. The Morgan fingerprint density at radius 3 is 2.27 bits per heavy atom. The van der Waals surface area contributed by atoms with Crippen molar-refractivity contribution >= 4 is 29.4 Å². The van der Waals surface area contributed by atoms with Crippen molar-refractivity contribution in [2.45, 2.75) is 51.3 Å². The Hall–Kier alpha value is -3.66. The molecule has 0 spiro atoms. The number of anilines is 1. The predicted octanol–water partition coefficient (Wildman–Crippen LogP) is 4.89. The lowest BCUT2D eigenvalue weighted by Gasteiger charge is -2.25. The summed E-state index contributed by atoms with van der Waals surface area (Å²) in [6, 6.07) is 13.1. The maximum atomic E-state index is 13.8. The van der Waals surface area contributed by atoms with E-state index in [1.54, 1.807) is 30.9 Å². The zero-order chi connectivity index (χ0) is 29.2. The summed E-state index contributed by atoms with van der Waals surface area (Å²) in [5.74, 6) is 2.39. The third-order valence-electron chi connectivity index (χ3n) is 6.59. The van der Waals surface area contributed by atoms with E-state index in [0.29, 0.717) is 23.1 Å². The van der Waals surface area contributed by atoms with Crippen LogP contribution in [0.4, 0.5) is 5.82 Å². The van der Waals surface area contributed by atoms with Crippen LogP contribution in [0, 0.1) is 0 Å². The topological polar surface area (TPSA) is 94.9 Å². The molecule has 40 heavy (non-hydrogen) atoms. The molecule has 2 heterocycles. The third-order valence-corrected chi connectivity index (χ3v) is 7.82. The normalized spacial score (nSPS) is 15.5. The number of thioether (sulfide) groups is 1. The number of rotatable bonds is 8. The number of benzene rings is 2. The molecular formula is C30H38N4O5S. The fourth-order valence-corrected chi connectivity index (χ4v) is 5.99. The largest absolute Gasteiger partial charge is 0.497 e. The van der Waals surface area contributed by atoms with Crippen LogP contribution in [0.2, 0.25) is 0 Å². The molecule has 9 nitrogen and oxygen atoms in total. The van der Waals surface area contributed by atoms with Crippen molar-refractivity contribution in [2.24, 2.45) is 0 Å². The molecule has 2 amide bonds. The Bertz CT molecular complexity index is 1380. The molecule has 0 unspecified atom stereocenters. The first-order chi connectivity index (χ1) is 19.0. The molecule has 0 bridgehead atoms. The first-order valence-electron chi connectivity index (χ1n) is 13.2. The van der Waals surface area contributed by atoms with Crippen LogP contribution in [-0.4, -0.2) is 61.3 Å². The van der Waals surface area contributed by atoms with E-state index in [1.165, 1.54) is 11.8 Å². The highest BCUT2D eigenvalue weighted by Crippen LogP contribution is 2.51. The van der Waals surface area contributed by atoms with Gasteiger partial charge in [-0.15, -0.1) is 11.8 Å². The number of carbonyl (C=O) groups is 2. The number of hydrogen-bond acceptors (Lipinski definition) is 7. The van der Waals surface area contributed by atoms with Crippen molar-refractivity contribution in [3.63, 3.8) is 0 Å². The third kappa shape index (κ3) is 5.91. The number of carbonyl (C=O) groups excluding carboxylic acids is 2. The minimum Gasteiger partial charge on any atom is -0.497 e. The van der Waals surface area contributed by atoms with E-state index in [1.807, 2.05) is 56.3 Å². The van der Waals surface area contributed by atoms with Crippen LogP contribution in [0.15, 0.2) is 42.5 Å². The molecule has 1 aliphatic rings. The van der Waals surface area contributed by atoms with E-state index in [9.17, 15) is 9.59 Å². The van der Waals surface area contributed by atoms with Crippen molar-refractivity contribution < 1.29 is 23.8 Å². The predicted molar refractivity (Wildman–Crippen MR) is 158 cm³/mol. The molecule has 0 radical (unpaired) electrons. The Labute approximate surface area is 240 Å². The summed E-state index contributed by atoms with van der Waals surface area (Å²) < 4.78 is 18.5. The molecule has 0 saturated carbocycles. The Morgan fingerprint density at radius 1 is 1.05 bits per heavy atom. The fraction of sp³-hybridized carbons (Fsp3) is 0.433. The monoisotopic (exact) mass is 566 g/mol. The lowest BCUT2D eigenvalue weighted by atomic mass is 9.87. The molecule has 4 rings (SSSR count). The van der Waals surface area contributed by atoms with Crippen LogP contribution >= 0.6 is 11.8 Å². The van der Waals surface area contributed by atoms with Gasteiger partial charge in [-0.1, -0.05) is 20.8 Å². The zero-order valence-corrected chi connectivity index (χ0v) is 25.2. The van der Waals surface area contributed by atoms with Gasteiger partial charge in [0.25, 0.3) is 0 Å². The van der Waals surface area contributed by atoms with Gasteiger partial charge in [-0.3, -0.25) is 14.5 Å². The van der Waals surface area contributed by atoms with Crippen LogP contribution in [0.5, 0.6) is 17.2 Å². The van der Waals surface area contributed by atoms with Crippen molar-refractivity contribution in [3.8, 4) is 22.9 Å². The minimum atomic E-state index is -0.383. The minimum absolute atomic E-state index is 0.0612. The van der Waals surface area contributed by atoms with Crippen molar-refractivity contribution in [1.29, 1.82) is 0 Å². The van der Waals surface area contributed by atoms with E-state index in [-0.39, 0.29) is 40.8 Å². The number of hydrogen-bond donors (Lipinski definition) is 1. The van der Waals surface area contributed by atoms with Gasteiger partial charge < -0.3 is 19.5 Å². The second kappa shape index (κ2) is 11.8. The molecule has 0 aliphatic carbocycles. The van der Waals surface area contributed by atoms with Gasteiger partial charge in [0, 0.05) is 22.6 Å². The van der Waals surface area contributed by atoms with Crippen LogP contribution in [0.3, 0.4) is 0 Å². The van der Waals surface area contributed by atoms with E-state index in [0.717, 1.165) is 22.5 Å². The summed E-state index contributed by atoms with van der Waals surface area (Å²) in [4.78, 5) is 28.4. The number of nitrogens with one attached hydrogen (secondary N) is 1. The Morgan fingerprint density at radius 2 is 1.70 bits per heavy atom. The molecule has 0 saturated heterocycles. The molecule has 214 valence electrons. The van der Waals surface area contributed by atoms with Crippen LogP contribution in [0.1, 0.15) is 56.7 Å².